The van der Waals surface area contributed by atoms with Crippen molar-refractivity contribution in [2.45, 2.75) is 30.3 Å². The van der Waals surface area contributed by atoms with Gasteiger partial charge in [-0.3, -0.25) is 0 Å². The average Bonchev–Trinajstić information content (AvgIpc) is 2.42. The quantitative estimate of drug-likeness (QED) is 0.850. The van der Waals surface area contributed by atoms with Crippen molar-refractivity contribution in [2.24, 2.45) is 0 Å². The molecule has 0 aliphatic carbocycles. The van der Waals surface area contributed by atoms with Gasteiger partial charge in [0.2, 0.25) is 5.95 Å². The molecule has 0 atom stereocenters. The first kappa shape index (κ1) is 14.1. The molecule has 0 aromatic carbocycles. The molecule has 0 spiro atoms. The molecule has 6 heteroatoms. The Morgan fingerprint density at radius 1 is 1.26 bits per heavy atom. The minimum Gasteiger partial charge on any atom is -0.354 e. The summed E-state index contributed by atoms with van der Waals surface area (Å²) in [5, 5.41) is 5.59. The Morgan fingerprint density at radius 2 is 2.11 bits per heavy atom. The topological polar surface area (TPSA) is 50.7 Å². The van der Waals surface area contributed by atoms with Crippen molar-refractivity contribution in [3.63, 3.8) is 0 Å². The number of aromatic nitrogens is 3. The number of anilines is 1. The van der Waals surface area contributed by atoms with Gasteiger partial charge < -0.3 is 5.32 Å². The first-order valence-electron chi connectivity index (χ1n) is 6.06. The van der Waals surface area contributed by atoms with Crippen molar-refractivity contribution in [3.8, 4) is 0 Å². The van der Waals surface area contributed by atoms with E-state index in [1.165, 1.54) is 11.8 Å². The summed E-state index contributed by atoms with van der Waals surface area (Å²) in [5.41, 5.74) is 1.03. The maximum Gasteiger partial charge on any atom is 0.223 e. The highest BCUT2D eigenvalue weighted by molar-refractivity contribution is 7.99. The third kappa shape index (κ3) is 4.08. The summed E-state index contributed by atoms with van der Waals surface area (Å²) in [6, 6.07) is 3.71. The average molecular weight is 295 g/mol. The molecule has 0 fully saturated rings. The van der Waals surface area contributed by atoms with Crippen molar-refractivity contribution >= 4 is 29.3 Å². The fourth-order valence-electron chi connectivity index (χ4n) is 1.37. The van der Waals surface area contributed by atoms with E-state index in [9.17, 15) is 0 Å². The highest BCUT2D eigenvalue weighted by Crippen LogP contribution is 2.27. The lowest BCUT2D eigenvalue weighted by Gasteiger charge is -2.07. The lowest BCUT2D eigenvalue weighted by molar-refractivity contribution is 0.924. The third-order valence-corrected chi connectivity index (χ3v) is 3.64. The maximum absolute atomic E-state index is 5.82. The summed E-state index contributed by atoms with van der Waals surface area (Å²) in [6.45, 7) is 4.96. The molecule has 2 heterocycles. The Labute approximate surface area is 122 Å². The van der Waals surface area contributed by atoms with Crippen LogP contribution in [0.4, 0.5) is 5.95 Å². The molecule has 0 bridgehead atoms. The highest BCUT2D eigenvalue weighted by atomic mass is 35.5. The SMILES string of the molecule is CCCNc1ncc(C)c(Sc2ccc(Cl)cn2)n1. The second-order valence-corrected chi connectivity index (χ2v) is 5.47. The van der Waals surface area contributed by atoms with E-state index < -0.39 is 0 Å². The number of aryl methyl sites for hydroxylation is 1. The lowest BCUT2D eigenvalue weighted by Crippen LogP contribution is -2.05. The van der Waals surface area contributed by atoms with Crippen LogP contribution in [0.1, 0.15) is 18.9 Å². The summed E-state index contributed by atoms with van der Waals surface area (Å²) >= 11 is 7.33. The van der Waals surface area contributed by atoms with E-state index in [0.717, 1.165) is 28.6 Å². The Bertz CT molecular complexity index is 545. The van der Waals surface area contributed by atoms with Crippen LogP contribution in [0.5, 0.6) is 0 Å². The van der Waals surface area contributed by atoms with Gasteiger partial charge in [0, 0.05) is 24.5 Å². The van der Waals surface area contributed by atoms with E-state index in [1.54, 1.807) is 6.20 Å². The van der Waals surface area contributed by atoms with Crippen LogP contribution in [0.25, 0.3) is 0 Å². The van der Waals surface area contributed by atoms with E-state index in [4.69, 9.17) is 11.6 Å². The monoisotopic (exact) mass is 294 g/mol. The molecule has 19 heavy (non-hydrogen) atoms. The van der Waals surface area contributed by atoms with Crippen LogP contribution >= 0.6 is 23.4 Å². The molecule has 2 aromatic heterocycles. The zero-order chi connectivity index (χ0) is 13.7. The van der Waals surface area contributed by atoms with Gasteiger partial charge in [0.15, 0.2) is 0 Å². The van der Waals surface area contributed by atoms with Gasteiger partial charge in [0.25, 0.3) is 0 Å². The Hall–Kier alpha value is -1.33. The van der Waals surface area contributed by atoms with E-state index in [1.807, 2.05) is 25.3 Å². The summed E-state index contributed by atoms with van der Waals surface area (Å²) in [6.07, 6.45) is 4.50. The first-order valence-corrected chi connectivity index (χ1v) is 7.25. The molecule has 2 rings (SSSR count). The molecule has 0 radical (unpaired) electrons. The van der Waals surface area contributed by atoms with Gasteiger partial charge in [0.1, 0.15) is 10.1 Å². The zero-order valence-electron chi connectivity index (χ0n) is 10.9. The number of hydrogen-bond donors (Lipinski definition) is 1. The molecule has 0 unspecified atom stereocenters. The van der Waals surface area contributed by atoms with Crippen molar-refractivity contribution in [3.05, 3.63) is 35.1 Å². The maximum atomic E-state index is 5.82. The largest absolute Gasteiger partial charge is 0.354 e. The number of rotatable bonds is 5. The Kier molecular flexibility index (Phi) is 4.99. The van der Waals surface area contributed by atoms with E-state index in [0.29, 0.717) is 11.0 Å². The van der Waals surface area contributed by atoms with Gasteiger partial charge >= 0.3 is 0 Å². The van der Waals surface area contributed by atoms with Crippen LogP contribution in [-0.4, -0.2) is 21.5 Å². The number of nitrogens with zero attached hydrogens (tertiary/aromatic N) is 3. The minimum atomic E-state index is 0.633. The van der Waals surface area contributed by atoms with Crippen LogP contribution in [0.15, 0.2) is 34.6 Å². The van der Waals surface area contributed by atoms with Crippen LogP contribution in [0, 0.1) is 6.92 Å². The fraction of sp³-hybridized carbons (Fsp3) is 0.308. The van der Waals surface area contributed by atoms with Crippen molar-refractivity contribution < 1.29 is 0 Å². The molecule has 1 N–H and O–H groups in total. The second kappa shape index (κ2) is 6.73. The number of halogens is 1. The molecule has 0 saturated heterocycles. The molecule has 0 aliphatic rings. The highest BCUT2D eigenvalue weighted by Gasteiger charge is 2.06. The van der Waals surface area contributed by atoms with Crippen molar-refractivity contribution in [2.75, 3.05) is 11.9 Å². The molecule has 2 aromatic rings. The van der Waals surface area contributed by atoms with Gasteiger partial charge in [-0.2, -0.15) is 0 Å². The van der Waals surface area contributed by atoms with Crippen LogP contribution in [0.2, 0.25) is 5.02 Å². The summed E-state index contributed by atoms with van der Waals surface area (Å²) in [7, 11) is 0. The van der Waals surface area contributed by atoms with Gasteiger partial charge in [-0.1, -0.05) is 18.5 Å². The summed E-state index contributed by atoms with van der Waals surface area (Å²) in [4.78, 5) is 13.0. The van der Waals surface area contributed by atoms with Gasteiger partial charge in [-0.15, -0.1) is 0 Å². The molecule has 0 saturated carbocycles. The van der Waals surface area contributed by atoms with Gasteiger partial charge in [0.05, 0.1) is 5.02 Å². The minimum absolute atomic E-state index is 0.633. The molecule has 100 valence electrons. The first-order chi connectivity index (χ1) is 9.19. The Balaban J connectivity index is 2.16. The van der Waals surface area contributed by atoms with E-state index in [2.05, 4.69) is 27.2 Å². The van der Waals surface area contributed by atoms with Crippen LogP contribution in [0.3, 0.4) is 0 Å². The van der Waals surface area contributed by atoms with Crippen molar-refractivity contribution in [1.29, 1.82) is 0 Å². The Morgan fingerprint density at radius 3 is 2.79 bits per heavy atom. The predicted octanol–water partition coefficient (Wildman–Crippen LogP) is 3.81. The molecule has 4 nitrogen and oxygen atoms in total. The molecule has 0 aliphatic heterocycles. The van der Waals surface area contributed by atoms with Crippen molar-refractivity contribution in [1.82, 2.24) is 15.0 Å². The number of nitrogens with one attached hydrogen (secondary N) is 1. The van der Waals surface area contributed by atoms with E-state index in [-0.39, 0.29) is 0 Å². The molecular formula is C13H15ClN4S. The molecular weight excluding hydrogens is 280 g/mol. The standard InChI is InChI=1S/C13H15ClN4S/c1-3-6-15-13-17-7-9(2)12(18-13)19-11-5-4-10(14)8-16-11/h4-5,7-8H,3,6H2,1-2H3,(H,15,17,18). The predicted molar refractivity (Wildman–Crippen MR) is 78.9 cm³/mol. The zero-order valence-corrected chi connectivity index (χ0v) is 12.4. The fourth-order valence-corrected chi connectivity index (χ4v) is 2.27. The summed E-state index contributed by atoms with van der Waals surface area (Å²) < 4.78 is 0. The van der Waals surface area contributed by atoms with Gasteiger partial charge in [-0.05, 0) is 37.2 Å². The normalized spacial score (nSPS) is 10.5. The molecule has 0 amide bonds. The number of hydrogen-bond acceptors (Lipinski definition) is 5. The van der Waals surface area contributed by atoms with Crippen LogP contribution in [-0.2, 0) is 0 Å². The van der Waals surface area contributed by atoms with Gasteiger partial charge in [-0.25, -0.2) is 15.0 Å². The van der Waals surface area contributed by atoms with Crippen LogP contribution < -0.4 is 5.32 Å². The smallest absolute Gasteiger partial charge is 0.223 e. The van der Waals surface area contributed by atoms with E-state index >= 15 is 0 Å². The third-order valence-electron chi connectivity index (χ3n) is 2.36. The lowest BCUT2D eigenvalue weighted by atomic mass is 10.4. The second-order valence-electron chi connectivity index (χ2n) is 4.03. The summed E-state index contributed by atoms with van der Waals surface area (Å²) in [5.74, 6) is 0.656. The number of pyridine rings is 1.